The first-order valence-electron chi connectivity index (χ1n) is 13.3. The number of hydrogen-bond acceptors (Lipinski definition) is 7. The van der Waals surface area contributed by atoms with E-state index in [1.807, 2.05) is 13.0 Å². The standard InChI is InChI=1S/C26H28FN3O3.C4H4O4/c1-5-15-20-16(24(31)28-25(20)32)13-18(22(15)26(2,3)4)30-11-9-14(10-12-30)23-21-17(27)7-6-8-19(21)33-29-23;5-3(6)1-2-4(7)8/h6-8,13-14H,5,9-12H2,1-4H3,(H,28,31,32);1-2H,(H,5,6)(H,7,8)/b;2-1+. The van der Waals surface area contributed by atoms with Gasteiger partial charge >= 0.3 is 11.9 Å². The Labute approximate surface area is 235 Å². The molecule has 0 spiro atoms. The highest BCUT2D eigenvalue weighted by molar-refractivity contribution is 6.22. The molecule has 0 unspecified atom stereocenters. The van der Waals surface area contributed by atoms with Gasteiger partial charge in [-0.15, -0.1) is 0 Å². The van der Waals surface area contributed by atoms with Crippen LogP contribution in [0.2, 0.25) is 0 Å². The van der Waals surface area contributed by atoms with Crippen molar-refractivity contribution in [3.8, 4) is 0 Å². The summed E-state index contributed by atoms with van der Waals surface area (Å²) < 4.78 is 19.8. The molecule has 1 aromatic heterocycles. The van der Waals surface area contributed by atoms with Crippen LogP contribution in [0.5, 0.6) is 0 Å². The van der Waals surface area contributed by atoms with Crippen LogP contribution in [0.1, 0.15) is 84.0 Å². The summed E-state index contributed by atoms with van der Waals surface area (Å²) in [5.41, 5.74) is 5.02. The third kappa shape index (κ3) is 5.98. The Hall–Kier alpha value is -4.54. The first-order valence-corrected chi connectivity index (χ1v) is 13.3. The maximum absolute atomic E-state index is 14.5. The molecule has 1 saturated heterocycles. The number of imide groups is 1. The van der Waals surface area contributed by atoms with Gasteiger partial charge in [0.1, 0.15) is 5.82 Å². The van der Waals surface area contributed by atoms with E-state index in [0.717, 1.165) is 42.7 Å². The van der Waals surface area contributed by atoms with Crippen LogP contribution in [0.15, 0.2) is 40.9 Å². The van der Waals surface area contributed by atoms with Gasteiger partial charge < -0.3 is 19.6 Å². The van der Waals surface area contributed by atoms with Crippen LogP contribution in [0.4, 0.5) is 10.1 Å². The number of anilines is 1. The lowest BCUT2D eigenvalue weighted by molar-refractivity contribution is -0.134. The van der Waals surface area contributed by atoms with Crippen molar-refractivity contribution >= 4 is 40.4 Å². The Balaban J connectivity index is 0.000000426. The van der Waals surface area contributed by atoms with Crippen LogP contribution < -0.4 is 10.2 Å². The van der Waals surface area contributed by atoms with Gasteiger partial charge in [-0.1, -0.05) is 38.9 Å². The van der Waals surface area contributed by atoms with Crippen LogP contribution in [0.25, 0.3) is 11.0 Å². The molecule has 5 rings (SSSR count). The topological polar surface area (TPSA) is 150 Å². The predicted molar refractivity (Wildman–Crippen MR) is 149 cm³/mol. The Bertz CT molecular complexity index is 1540. The van der Waals surface area contributed by atoms with Gasteiger partial charge in [0.15, 0.2) is 5.58 Å². The summed E-state index contributed by atoms with van der Waals surface area (Å²) in [7, 11) is 0. The minimum absolute atomic E-state index is 0.0995. The third-order valence-electron chi connectivity index (χ3n) is 7.28. The van der Waals surface area contributed by atoms with E-state index in [2.05, 4.69) is 36.1 Å². The molecule has 0 atom stereocenters. The average Bonchev–Trinajstić information content (AvgIpc) is 3.47. The van der Waals surface area contributed by atoms with Crippen molar-refractivity contribution in [2.24, 2.45) is 0 Å². The molecule has 0 aliphatic carbocycles. The quantitative estimate of drug-likeness (QED) is 0.293. The summed E-state index contributed by atoms with van der Waals surface area (Å²) >= 11 is 0. The fraction of sp³-hybridized carbons (Fsp3) is 0.367. The number of carbonyl (C=O) groups is 4. The van der Waals surface area contributed by atoms with Crippen molar-refractivity contribution in [2.75, 3.05) is 18.0 Å². The lowest BCUT2D eigenvalue weighted by Crippen LogP contribution is -2.35. The second-order valence-electron chi connectivity index (χ2n) is 11.0. The van der Waals surface area contributed by atoms with Crippen molar-refractivity contribution in [1.82, 2.24) is 10.5 Å². The molecule has 0 saturated carbocycles. The summed E-state index contributed by atoms with van der Waals surface area (Å²) in [6.45, 7) is 9.94. The average molecular weight is 566 g/mol. The number of carboxylic acids is 2. The largest absolute Gasteiger partial charge is 0.478 e. The van der Waals surface area contributed by atoms with E-state index in [1.165, 1.54) is 6.07 Å². The van der Waals surface area contributed by atoms with Crippen LogP contribution in [-0.2, 0) is 21.4 Å². The van der Waals surface area contributed by atoms with Gasteiger partial charge in [0, 0.05) is 36.8 Å². The molecule has 3 N–H and O–H groups in total. The molecule has 2 aromatic carbocycles. The summed E-state index contributed by atoms with van der Waals surface area (Å²) in [5.74, 6) is -3.35. The number of nitrogens with one attached hydrogen (secondary N) is 1. The molecular weight excluding hydrogens is 533 g/mol. The lowest BCUT2D eigenvalue weighted by Gasteiger charge is -2.38. The molecule has 10 nitrogen and oxygen atoms in total. The molecule has 1 fully saturated rings. The molecule has 0 bridgehead atoms. The van der Waals surface area contributed by atoms with Gasteiger partial charge in [-0.25, -0.2) is 14.0 Å². The summed E-state index contributed by atoms with van der Waals surface area (Å²) in [5, 5.41) is 22.8. The van der Waals surface area contributed by atoms with E-state index in [-0.39, 0.29) is 29.0 Å². The minimum atomic E-state index is -1.26. The van der Waals surface area contributed by atoms with Crippen molar-refractivity contribution in [3.05, 3.63) is 70.2 Å². The van der Waals surface area contributed by atoms with Crippen molar-refractivity contribution in [3.63, 3.8) is 0 Å². The highest BCUT2D eigenvalue weighted by Crippen LogP contribution is 2.42. The van der Waals surface area contributed by atoms with E-state index in [9.17, 15) is 23.6 Å². The van der Waals surface area contributed by atoms with Gasteiger partial charge in [-0.2, -0.15) is 0 Å². The number of amides is 2. The van der Waals surface area contributed by atoms with Crippen LogP contribution >= 0.6 is 0 Å². The molecule has 41 heavy (non-hydrogen) atoms. The summed E-state index contributed by atoms with van der Waals surface area (Å²) in [6, 6.07) is 6.70. The maximum atomic E-state index is 14.5. The van der Waals surface area contributed by atoms with E-state index < -0.39 is 11.9 Å². The first kappa shape index (κ1) is 29.4. The predicted octanol–water partition coefficient (Wildman–Crippen LogP) is 4.81. The highest BCUT2D eigenvalue weighted by atomic mass is 19.1. The zero-order chi connectivity index (χ0) is 30.1. The number of fused-ring (bicyclic) bond motifs is 2. The number of hydrogen-bond donors (Lipinski definition) is 3. The molecule has 3 aromatic rings. The number of halogens is 1. The van der Waals surface area contributed by atoms with Gasteiger partial charge in [-0.05, 0) is 54.0 Å². The normalized spacial score (nSPS) is 15.6. The summed E-state index contributed by atoms with van der Waals surface area (Å²) in [4.78, 5) is 46.4. The van der Waals surface area contributed by atoms with Crippen LogP contribution in [0.3, 0.4) is 0 Å². The Morgan fingerprint density at radius 3 is 2.32 bits per heavy atom. The Kier molecular flexibility index (Phi) is 8.27. The number of benzene rings is 2. The Morgan fingerprint density at radius 2 is 1.76 bits per heavy atom. The number of aliphatic carboxylic acids is 2. The monoisotopic (exact) mass is 565 g/mol. The highest BCUT2D eigenvalue weighted by Gasteiger charge is 2.37. The molecule has 0 radical (unpaired) electrons. The molecule has 11 heteroatoms. The lowest BCUT2D eigenvalue weighted by atomic mass is 9.78. The maximum Gasteiger partial charge on any atom is 0.328 e. The number of carboxylic acid groups (broad SMARTS) is 2. The second kappa shape index (κ2) is 11.5. The second-order valence-corrected chi connectivity index (χ2v) is 11.0. The molecular formula is C30H32FN3O7. The number of nitrogens with zero attached hydrogens (tertiary/aromatic N) is 2. The first-order chi connectivity index (χ1) is 19.3. The number of aromatic nitrogens is 1. The van der Waals surface area contributed by atoms with Gasteiger partial charge in [0.2, 0.25) is 0 Å². The fourth-order valence-corrected chi connectivity index (χ4v) is 5.62. The molecule has 2 aliphatic heterocycles. The van der Waals surface area contributed by atoms with E-state index >= 15 is 0 Å². The third-order valence-corrected chi connectivity index (χ3v) is 7.28. The number of carbonyl (C=O) groups excluding carboxylic acids is 2. The van der Waals surface area contributed by atoms with E-state index in [1.54, 1.807) is 12.1 Å². The van der Waals surface area contributed by atoms with E-state index in [4.69, 9.17) is 14.7 Å². The zero-order valence-corrected chi connectivity index (χ0v) is 23.3. The van der Waals surface area contributed by atoms with E-state index in [0.29, 0.717) is 46.4 Å². The van der Waals surface area contributed by atoms with Crippen molar-refractivity contribution < 1.29 is 38.3 Å². The van der Waals surface area contributed by atoms with Crippen molar-refractivity contribution in [2.45, 2.75) is 58.3 Å². The SMILES string of the molecule is CCc1c2c(cc(N3CCC(c4noc5cccc(F)c45)CC3)c1C(C)(C)C)C(=O)NC2=O.O=C(O)/C=C/C(=O)O. The fourth-order valence-electron chi connectivity index (χ4n) is 5.62. The van der Waals surface area contributed by atoms with Gasteiger partial charge in [0.05, 0.1) is 22.2 Å². The molecule has 3 heterocycles. The minimum Gasteiger partial charge on any atom is -0.478 e. The van der Waals surface area contributed by atoms with Crippen LogP contribution in [-0.4, -0.2) is 52.2 Å². The van der Waals surface area contributed by atoms with Crippen LogP contribution in [0, 0.1) is 5.82 Å². The Morgan fingerprint density at radius 1 is 1.12 bits per heavy atom. The zero-order valence-electron chi connectivity index (χ0n) is 23.3. The smallest absolute Gasteiger partial charge is 0.328 e. The number of rotatable bonds is 5. The van der Waals surface area contributed by atoms with Gasteiger partial charge in [0.25, 0.3) is 11.8 Å². The van der Waals surface area contributed by atoms with Gasteiger partial charge in [-0.3, -0.25) is 14.9 Å². The molecule has 216 valence electrons. The molecule has 2 aliphatic rings. The molecule has 2 amide bonds. The van der Waals surface area contributed by atoms with Crippen molar-refractivity contribution in [1.29, 1.82) is 0 Å². The summed E-state index contributed by atoms with van der Waals surface area (Å²) in [6.07, 6.45) is 3.38. The number of piperidine rings is 1.